The molecule has 2 heterocycles. The van der Waals surface area contributed by atoms with Gasteiger partial charge in [0, 0.05) is 25.1 Å². The number of methoxy groups -OCH3 is 1. The first-order chi connectivity index (χ1) is 6.22. The van der Waals surface area contributed by atoms with Crippen molar-refractivity contribution in [2.75, 3.05) is 7.11 Å². The third-order valence-electron chi connectivity index (χ3n) is 3.75. The summed E-state index contributed by atoms with van der Waals surface area (Å²) in [6.07, 6.45) is 4.46. The molecule has 0 radical (unpaired) electrons. The van der Waals surface area contributed by atoms with Crippen molar-refractivity contribution >= 4 is 0 Å². The largest absolute Gasteiger partial charge is 0.381 e. The van der Waals surface area contributed by atoms with Crippen LogP contribution in [0.5, 0.6) is 0 Å². The Labute approximate surface area is 81.0 Å². The summed E-state index contributed by atoms with van der Waals surface area (Å²) in [7, 11) is 1.86. The van der Waals surface area contributed by atoms with Crippen LogP contribution >= 0.6 is 0 Å². The Morgan fingerprint density at radius 1 is 1.31 bits per heavy atom. The van der Waals surface area contributed by atoms with Crippen LogP contribution in [0.2, 0.25) is 0 Å². The number of hydrogen-bond acceptors (Lipinski definition) is 2. The van der Waals surface area contributed by atoms with Crippen molar-refractivity contribution < 1.29 is 4.74 Å². The standard InChI is InChI=1S/C11H21NO/c1-7(2)11-9-5-4-8(12-11)6-10(9)13-3/h7-12H,4-6H2,1-3H3. The number of nitrogens with one attached hydrogen (secondary N) is 1. The van der Waals surface area contributed by atoms with E-state index in [4.69, 9.17) is 4.74 Å². The minimum atomic E-state index is 0.521. The molecule has 0 amide bonds. The summed E-state index contributed by atoms with van der Waals surface area (Å²) >= 11 is 0. The fraction of sp³-hybridized carbons (Fsp3) is 1.00. The zero-order chi connectivity index (χ0) is 9.42. The molecule has 2 aliphatic heterocycles. The summed E-state index contributed by atoms with van der Waals surface area (Å²) in [5, 5.41) is 3.74. The fourth-order valence-electron chi connectivity index (χ4n) is 3.07. The van der Waals surface area contributed by atoms with Gasteiger partial charge in [0.15, 0.2) is 0 Å². The molecule has 76 valence electrons. The van der Waals surface area contributed by atoms with Crippen molar-refractivity contribution in [1.82, 2.24) is 5.32 Å². The minimum absolute atomic E-state index is 0.521. The number of hydrogen-bond donors (Lipinski definition) is 1. The van der Waals surface area contributed by atoms with Gasteiger partial charge in [-0.3, -0.25) is 0 Å². The molecule has 4 unspecified atom stereocenters. The van der Waals surface area contributed by atoms with Gasteiger partial charge >= 0.3 is 0 Å². The van der Waals surface area contributed by atoms with Crippen molar-refractivity contribution in [2.45, 2.75) is 51.3 Å². The van der Waals surface area contributed by atoms with E-state index in [1.807, 2.05) is 7.11 Å². The van der Waals surface area contributed by atoms with E-state index in [0.717, 1.165) is 17.9 Å². The third kappa shape index (κ3) is 1.62. The Morgan fingerprint density at radius 3 is 2.62 bits per heavy atom. The minimum Gasteiger partial charge on any atom is -0.381 e. The molecule has 1 N–H and O–H groups in total. The molecule has 2 bridgehead atoms. The molecule has 3 rings (SSSR count). The summed E-state index contributed by atoms with van der Waals surface area (Å²) in [6, 6.07) is 1.42. The van der Waals surface area contributed by atoms with Gasteiger partial charge in [0.25, 0.3) is 0 Å². The molecular weight excluding hydrogens is 162 g/mol. The SMILES string of the molecule is COC1CC2CCC1C(C(C)C)N2. The maximum Gasteiger partial charge on any atom is 0.0629 e. The lowest BCUT2D eigenvalue weighted by Crippen LogP contribution is -2.60. The lowest BCUT2D eigenvalue weighted by Gasteiger charge is -2.49. The highest BCUT2D eigenvalue weighted by Crippen LogP contribution is 2.37. The van der Waals surface area contributed by atoms with E-state index in [9.17, 15) is 0 Å². The Morgan fingerprint density at radius 2 is 2.08 bits per heavy atom. The van der Waals surface area contributed by atoms with Crippen molar-refractivity contribution in [2.24, 2.45) is 11.8 Å². The summed E-state index contributed by atoms with van der Waals surface area (Å²) in [6.45, 7) is 4.62. The van der Waals surface area contributed by atoms with Crippen LogP contribution in [0.1, 0.15) is 33.1 Å². The van der Waals surface area contributed by atoms with Crippen molar-refractivity contribution in [3.8, 4) is 0 Å². The van der Waals surface area contributed by atoms with Crippen molar-refractivity contribution in [1.29, 1.82) is 0 Å². The molecule has 13 heavy (non-hydrogen) atoms. The van der Waals surface area contributed by atoms with E-state index in [-0.39, 0.29) is 0 Å². The molecular formula is C11H21NO. The smallest absolute Gasteiger partial charge is 0.0629 e. The van der Waals surface area contributed by atoms with Crippen LogP contribution in [-0.4, -0.2) is 25.3 Å². The molecule has 2 saturated heterocycles. The molecule has 2 nitrogen and oxygen atoms in total. The van der Waals surface area contributed by atoms with E-state index in [1.165, 1.54) is 19.3 Å². The van der Waals surface area contributed by atoms with Crippen molar-refractivity contribution in [3.05, 3.63) is 0 Å². The van der Waals surface area contributed by atoms with Gasteiger partial charge in [-0.25, -0.2) is 0 Å². The second kappa shape index (κ2) is 3.58. The Hall–Kier alpha value is -0.0800. The van der Waals surface area contributed by atoms with Crippen LogP contribution in [0.4, 0.5) is 0 Å². The van der Waals surface area contributed by atoms with Crippen LogP contribution in [-0.2, 0) is 4.74 Å². The Kier molecular flexibility index (Phi) is 2.61. The maximum absolute atomic E-state index is 5.57. The highest BCUT2D eigenvalue weighted by molar-refractivity contribution is 4.99. The van der Waals surface area contributed by atoms with Crippen LogP contribution in [0.15, 0.2) is 0 Å². The van der Waals surface area contributed by atoms with Gasteiger partial charge in [0.1, 0.15) is 0 Å². The zero-order valence-corrected chi connectivity index (χ0v) is 8.92. The summed E-state index contributed by atoms with van der Waals surface area (Å²) < 4.78 is 5.57. The first kappa shape index (κ1) is 9.47. The number of ether oxygens (including phenoxy) is 1. The van der Waals surface area contributed by atoms with Crippen LogP contribution in [0, 0.1) is 11.8 Å². The topological polar surface area (TPSA) is 21.3 Å². The molecule has 1 aliphatic carbocycles. The molecule has 4 atom stereocenters. The second-order valence-corrected chi connectivity index (χ2v) is 4.88. The normalized spacial score (nSPS) is 44.3. The van der Waals surface area contributed by atoms with E-state index < -0.39 is 0 Å². The molecule has 3 aliphatic rings. The number of rotatable bonds is 2. The lowest BCUT2D eigenvalue weighted by atomic mass is 9.71. The lowest BCUT2D eigenvalue weighted by molar-refractivity contribution is -0.0454. The van der Waals surface area contributed by atoms with Gasteiger partial charge in [0.05, 0.1) is 6.10 Å². The van der Waals surface area contributed by atoms with Crippen LogP contribution in [0.3, 0.4) is 0 Å². The van der Waals surface area contributed by atoms with Gasteiger partial charge in [-0.15, -0.1) is 0 Å². The highest BCUT2D eigenvalue weighted by atomic mass is 16.5. The Bertz CT molecular complexity index is 181. The zero-order valence-electron chi connectivity index (χ0n) is 8.92. The fourth-order valence-corrected chi connectivity index (χ4v) is 3.07. The number of piperidine rings is 2. The summed E-state index contributed by atoms with van der Waals surface area (Å²) in [4.78, 5) is 0. The van der Waals surface area contributed by atoms with Crippen LogP contribution < -0.4 is 5.32 Å². The van der Waals surface area contributed by atoms with Crippen LogP contribution in [0.25, 0.3) is 0 Å². The molecule has 0 aromatic heterocycles. The van der Waals surface area contributed by atoms with E-state index in [1.54, 1.807) is 0 Å². The van der Waals surface area contributed by atoms with E-state index in [2.05, 4.69) is 19.2 Å². The average molecular weight is 183 g/mol. The van der Waals surface area contributed by atoms with Crippen molar-refractivity contribution in [3.63, 3.8) is 0 Å². The van der Waals surface area contributed by atoms with Gasteiger partial charge in [-0.1, -0.05) is 13.8 Å². The molecule has 0 aromatic rings. The first-order valence-electron chi connectivity index (χ1n) is 5.51. The summed E-state index contributed by atoms with van der Waals surface area (Å²) in [5.74, 6) is 1.50. The second-order valence-electron chi connectivity index (χ2n) is 4.88. The molecule has 0 spiro atoms. The molecule has 1 saturated carbocycles. The predicted molar refractivity (Wildman–Crippen MR) is 53.7 cm³/mol. The summed E-state index contributed by atoms with van der Waals surface area (Å²) in [5.41, 5.74) is 0. The number of fused-ring (bicyclic) bond motifs is 3. The van der Waals surface area contributed by atoms with Gasteiger partial charge in [0.2, 0.25) is 0 Å². The average Bonchev–Trinajstić information content (AvgIpc) is 2.18. The maximum atomic E-state index is 5.57. The Balaban J connectivity index is 2.08. The quantitative estimate of drug-likeness (QED) is 0.705. The monoisotopic (exact) mass is 183 g/mol. The first-order valence-corrected chi connectivity index (χ1v) is 5.51. The van der Waals surface area contributed by atoms with Gasteiger partial charge in [-0.05, 0) is 25.2 Å². The highest BCUT2D eigenvalue weighted by Gasteiger charge is 2.42. The van der Waals surface area contributed by atoms with Gasteiger partial charge in [-0.2, -0.15) is 0 Å². The van der Waals surface area contributed by atoms with Gasteiger partial charge < -0.3 is 10.1 Å². The van der Waals surface area contributed by atoms with E-state index >= 15 is 0 Å². The molecule has 2 heteroatoms. The molecule has 0 aromatic carbocycles. The molecule has 3 fully saturated rings. The predicted octanol–water partition coefficient (Wildman–Crippen LogP) is 1.80. The third-order valence-corrected chi connectivity index (χ3v) is 3.75. The van der Waals surface area contributed by atoms with E-state index in [0.29, 0.717) is 12.1 Å².